The van der Waals surface area contributed by atoms with Gasteiger partial charge in [0.05, 0.1) is 6.54 Å². The van der Waals surface area contributed by atoms with Gasteiger partial charge in [0.1, 0.15) is 0 Å². The molecule has 4 rings (SSSR count). The molecule has 1 saturated heterocycles. The van der Waals surface area contributed by atoms with E-state index in [9.17, 15) is 4.79 Å². The molecule has 2 aromatic carbocycles. The summed E-state index contributed by atoms with van der Waals surface area (Å²) in [5.41, 5.74) is 5.76. The first-order valence-electron chi connectivity index (χ1n) is 11.0. The number of benzene rings is 2. The molecule has 0 saturated carbocycles. The molecule has 0 bridgehead atoms. The van der Waals surface area contributed by atoms with Gasteiger partial charge in [0.15, 0.2) is 0 Å². The van der Waals surface area contributed by atoms with Crippen molar-refractivity contribution in [1.82, 2.24) is 15.2 Å². The van der Waals surface area contributed by atoms with Gasteiger partial charge in [-0.2, -0.15) is 0 Å². The van der Waals surface area contributed by atoms with Gasteiger partial charge in [0.2, 0.25) is 5.91 Å². The SMILES string of the molecule is Cc1cccc(C)c1NC(=O)CNC1CCN(CCc2c[nH]c3ccccc23)CC1. The second-order valence-electron chi connectivity index (χ2n) is 8.42. The minimum Gasteiger partial charge on any atom is -0.361 e. The van der Waals surface area contributed by atoms with E-state index in [0.29, 0.717) is 12.6 Å². The maximum absolute atomic E-state index is 12.4. The number of amides is 1. The second-order valence-corrected chi connectivity index (χ2v) is 8.42. The lowest BCUT2D eigenvalue weighted by Gasteiger charge is -2.32. The van der Waals surface area contributed by atoms with E-state index in [1.165, 1.54) is 16.5 Å². The number of aryl methyl sites for hydroxylation is 2. The number of H-pyrrole nitrogens is 1. The number of likely N-dealkylation sites (tertiary alicyclic amines) is 1. The van der Waals surface area contributed by atoms with Crippen LogP contribution in [0.3, 0.4) is 0 Å². The molecular formula is C25H32N4O. The topological polar surface area (TPSA) is 60.2 Å². The number of nitrogens with one attached hydrogen (secondary N) is 3. The molecule has 1 aliphatic heterocycles. The highest BCUT2D eigenvalue weighted by molar-refractivity contribution is 5.93. The first-order chi connectivity index (χ1) is 14.6. The number of nitrogens with zero attached hydrogens (tertiary/aromatic N) is 1. The number of carbonyl (C=O) groups is 1. The second kappa shape index (κ2) is 9.45. The quantitative estimate of drug-likeness (QED) is 0.557. The third kappa shape index (κ3) is 4.91. The summed E-state index contributed by atoms with van der Waals surface area (Å²) in [5, 5.41) is 7.85. The zero-order valence-electron chi connectivity index (χ0n) is 18.0. The minimum absolute atomic E-state index is 0.0363. The first kappa shape index (κ1) is 20.6. The van der Waals surface area contributed by atoms with Crippen LogP contribution in [0.4, 0.5) is 5.69 Å². The molecule has 0 aliphatic carbocycles. The minimum atomic E-state index is 0.0363. The highest BCUT2D eigenvalue weighted by Gasteiger charge is 2.20. The third-order valence-corrected chi connectivity index (χ3v) is 6.26. The Morgan fingerprint density at radius 2 is 1.80 bits per heavy atom. The number of piperidine rings is 1. The molecule has 0 radical (unpaired) electrons. The molecule has 5 heteroatoms. The number of para-hydroxylation sites is 2. The number of rotatable bonds is 7. The van der Waals surface area contributed by atoms with Gasteiger partial charge in [0, 0.05) is 35.4 Å². The van der Waals surface area contributed by atoms with E-state index in [4.69, 9.17) is 0 Å². The summed E-state index contributed by atoms with van der Waals surface area (Å²) in [6, 6.07) is 15.0. The summed E-state index contributed by atoms with van der Waals surface area (Å²) in [7, 11) is 0. The van der Waals surface area contributed by atoms with Gasteiger partial charge in [0.25, 0.3) is 0 Å². The summed E-state index contributed by atoms with van der Waals surface area (Å²) in [5.74, 6) is 0.0363. The van der Waals surface area contributed by atoms with Crippen molar-refractivity contribution in [2.45, 2.75) is 39.2 Å². The Hall–Kier alpha value is -2.63. The van der Waals surface area contributed by atoms with Crippen LogP contribution < -0.4 is 10.6 Å². The van der Waals surface area contributed by atoms with Crippen molar-refractivity contribution in [2.75, 3.05) is 31.5 Å². The van der Waals surface area contributed by atoms with Gasteiger partial charge in [-0.05, 0) is 69.0 Å². The van der Waals surface area contributed by atoms with E-state index in [0.717, 1.165) is 55.7 Å². The summed E-state index contributed by atoms with van der Waals surface area (Å²) >= 11 is 0. The number of aromatic nitrogens is 1. The van der Waals surface area contributed by atoms with E-state index in [1.807, 2.05) is 32.0 Å². The Labute approximate surface area is 178 Å². The Balaban J connectivity index is 1.19. The fraction of sp³-hybridized carbons (Fsp3) is 0.400. The van der Waals surface area contributed by atoms with Crippen molar-refractivity contribution >= 4 is 22.5 Å². The average molecular weight is 405 g/mol. The van der Waals surface area contributed by atoms with Crippen molar-refractivity contribution < 1.29 is 4.79 Å². The van der Waals surface area contributed by atoms with Crippen LogP contribution in [0.15, 0.2) is 48.7 Å². The van der Waals surface area contributed by atoms with Gasteiger partial charge in [-0.25, -0.2) is 0 Å². The number of anilines is 1. The molecular weight excluding hydrogens is 372 g/mol. The summed E-state index contributed by atoms with van der Waals surface area (Å²) in [6.45, 7) is 7.68. The monoisotopic (exact) mass is 404 g/mol. The molecule has 0 atom stereocenters. The molecule has 3 N–H and O–H groups in total. The number of hydrogen-bond donors (Lipinski definition) is 3. The highest BCUT2D eigenvalue weighted by Crippen LogP contribution is 2.20. The van der Waals surface area contributed by atoms with Gasteiger partial charge in [-0.15, -0.1) is 0 Å². The van der Waals surface area contributed by atoms with E-state index in [-0.39, 0.29) is 5.91 Å². The van der Waals surface area contributed by atoms with E-state index in [2.05, 4.69) is 51.0 Å². The van der Waals surface area contributed by atoms with Gasteiger partial charge < -0.3 is 20.5 Å². The summed E-state index contributed by atoms with van der Waals surface area (Å²) < 4.78 is 0. The molecule has 0 unspecified atom stereocenters. The van der Waals surface area contributed by atoms with Crippen LogP contribution in [0.1, 0.15) is 29.5 Å². The summed E-state index contributed by atoms with van der Waals surface area (Å²) in [6.07, 6.45) is 5.39. The largest absolute Gasteiger partial charge is 0.361 e. The van der Waals surface area contributed by atoms with Crippen LogP contribution >= 0.6 is 0 Å². The Bertz CT molecular complexity index is 981. The summed E-state index contributed by atoms with van der Waals surface area (Å²) in [4.78, 5) is 18.3. The van der Waals surface area contributed by atoms with Crippen LogP contribution in [0.2, 0.25) is 0 Å². The van der Waals surface area contributed by atoms with Crippen molar-refractivity contribution in [1.29, 1.82) is 0 Å². The van der Waals surface area contributed by atoms with E-state index >= 15 is 0 Å². The predicted molar refractivity (Wildman–Crippen MR) is 124 cm³/mol. The van der Waals surface area contributed by atoms with Gasteiger partial charge in [-0.3, -0.25) is 4.79 Å². The maximum atomic E-state index is 12.4. The molecule has 2 heterocycles. The van der Waals surface area contributed by atoms with Crippen LogP contribution in [-0.2, 0) is 11.2 Å². The Morgan fingerprint density at radius 3 is 2.57 bits per heavy atom. The zero-order valence-corrected chi connectivity index (χ0v) is 18.0. The number of carbonyl (C=O) groups excluding carboxylic acids is 1. The number of fused-ring (bicyclic) bond motifs is 1. The highest BCUT2D eigenvalue weighted by atomic mass is 16.1. The lowest BCUT2D eigenvalue weighted by atomic mass is 10.0. The predicted octanol–water partition coefficient (Wildman–Crippen LogP) is 4.02. The molecule has 1 fully saturated rings. The van der Waals surface area contributed by atoms with Crippen molar-refractivity contribution in [3.05, 3.63) is 65.4 Å². The zero-order chi connectivity index (χ0) is 20.9. The van der Waals surface area contributed by atoms with Crippen molar-refractivity contribution in [2.24, 2.45) is 0 Å². The van der Waals surface area contributed by atoms with Crippen LogP contribution in [-0.4, -0.2) is 48.0 Å². The molecule has 1 aliphatic rings. The first-order valence-corrected chi connectivity index (χ1v) is 11.0. The van der Waals surface area contributed by atoms with Crippen LogP contribution in [0.5, 0.6) is 0 Å². The van der Waals surface area contributed by atoms with E-state index < -0.39 is 0 Å². The Morgan fingerprint density at radius 1 is 1.07 bits per heavy atom. The fourth-order valence-electron chi connectivity index (χ4n) is 4.41. The van der Waals surface area contributed by atoms with Crippen molar-refractivity contribution in [3.8, 4) is 0 Å². The standard InChI is InChI=1S/C25H32N4O/c1-18-6-5-7-19(2)25(18)28-24(30)17-26-21-11-14-29(15-12-21)13-10-20-16-27-23-9-4-3-8-22(20)23/h3-9,16,21,26-27H,10-15,17H2,1-2H3,(H,28,30). The van der Waals surface area contributed by atoms with Gasteiger partial charge >= 0.3 is 0 Å². The average Bonchev–Trinajstić information content (AvgIpc) is 3.17. The molecule has 3 aromatic rings. The molecule has 158 valence electrons. The normalized spacial score (nSPS) is 15.5. The van der Waals surface area contributed by atoms with Gasteiger partial charge in [-0.1, -0.05) is 36.4 Å². The number of aromatic amines is 1. The molecule has 0 spiro atoms. The third-order valence-electron chi connectivity index (χ3n) is 6.26. The van der Waals surface area contributed by atoms with Crippen molar-refractivity contribution in [3.63, 3.8) is 0 Å². The Kier molecular flexibility index (Phi) is 6.50. The lowest BCUT2D eigenvalue weighted by Crippen LogP contribution is -2.45. The fourth-order valence-corrected chi connectivity index (χ4v) is 4.41. The molecule has 1 amide bonds. The molecule has 1 aromatic heterocycles. The van der Waals surface area contributed by atoms with Crippen LogP contribution in [0.25, 0.3) is 10.9 Å². The van der Waals surface area contributed by atoms with E-state index in [1.54, 1.807) is 0 Å². The van der Waals surface area contributed by atoms with Crippen LogP contribution in [0, 0.1) is 13.8 Å². The molecule has 30 heavy (non-hydrogen) atoms. The molecule has 5 nitrogen and oxygen atoms in total. The maximum Gasteiger partial charge on any atom is 0.238 e. The smallest absolute Gasteiger partial charge is 0.238 e. The lowest BCUT2D eigenvalue weighted by molar-refractivity contribution is -0.115. The number of hydrogen-bond acceptors (Lipinski definition) is 3.